The van der Waals surface area contributed by atoms with Gasteiger partial charge in [0.1, 0.15) is 48.3 Å². The second-order valence-corrected chi connectivity index (χ2v) is 20.7. The quantitative estimate of drug-likeness (QED) is 0.0267. The van der Waals surface area contributed by atoms with E-state index in [2.05, 4.69) is 55.2 Å². The summed E-state index contributed by atoms with van der Waals surface area (Å²) in [4.78, 5) is 148. The Labute approximate surface area is 455 Å². The first kappa shape index (κ1) is 66.7. The molecule has 432 valence electrons. The number of unbranched alkanes of at least 4 members (excludes halogenated alkanes) is 1. The first-order chi connectivity index (χ1) is 36.2. The van der Waals surface area contributed by atoms with Crippen molar-refractivity contribution in [2.45, 2.75) is 173 Å². The molecule has 0 radical (unpaired) electrons. The van der Waals surface area contributed by atoms with Crippen LogP contribution in [0, 0.1) is 17.8 Å². The van der Waals surface area contributed by atoms with Crippen molar-refractivity contribution in [1.29, 1.82) is 0 Å². The van der Waals surface area contributed by atoms with Crippen molar-refractivity contribution in [3.05, 3.63) is 35.9 Å². The predicted molar refractivity (Wildman–Crippen MR) is 286 cm³/mol. The Morgan fingerprint density at radius 3 is 1.82 bits per heavy atom. The lowest BCUT2D eigenvalue weighted by Gasteiger charge is -2.31. The van der Waals surface area contributed by atoms with Gasteiger partial charge < -0.3 is 74.2 Å². The van der Waals surface area contributed by atoms with Crippen LogP contribution < -0.4 is 54.0 Å². The van der Waals surface area contributed by atoms with Crippen LogP contribution in [0.4, 0.5) is 0 Å². The second-order valence-electron chi connectivity index (χ2n) is 20.3. The minimum absolute atomic E-state index is 0.0495. The lowest BCUT2D eigenvalue weighted by Crippen LogP contribution is -2.61. The van der Waals surface area contributed by atoms with Gasteiger partial charge >= 0.3 is 11.9 Å². The molecule has 25 nitrogen and oxygen atoms in total. The van der Waals surface area contributed by atoms with Crippen molar-refractivity contribution in [3.8, 4) is 0 Å². The predicted octanol–water partition coefficient (Wildman–Crippen LogP) is -1.81. The molecule has 1 aromatic rings. The topological polar surface area (TPSA) is 400 Å². The van der Waals surface area contributed by atoms with Gasteiger partial charge in [0, 0.05) is 18.7 Å². The Hall–Kier alpha value is -6.38. The minimum atomic E-state index is -1.76. The monoisotopic (exact) mass is 1110 g/mol. The van der Waals surface area contributed by atoms with E-state index in [-0.39, 0.29) is 75.1 Å². The van der Waals surface area contributed by atoms with E-state index in [9.17, 15) is 68.1 Å². The number of nitrogens with zero attached hydrogens (tertiary/aromatic N) is 1. The summed E-state index contributed by atoms with van der Waals surface area (Å²) in [7, 11) is 0. The summed E-state index contributed by atoms with van der Waals surface area (Å²) in [6, 6.07) is -3.45. The maximum atomic E-state index is 14.6. The maximum absolute atomic E-state index is 14.6. The molecule has 77 heavy (non-hydrogen) atoms. The average molecular weight is 1110 g/mol. The van der Waals surface area contributed by atoms with Crippen molar-refractivity contribution < 1.29 is 68.1 Å². The highest BCUT2D eigenvalue weighted by Crippen LogP contribution is 2.21. The van der Waals surface area contributed by atoms with E-state index in [0.29, 0.717) is 24.8 Å². The van der Waals surface area contributed by atoms with Gasteiger partial charge in [0.25, 0.3) is 0 Å². The lowest BCUT2D eigenvalue weighted by molar-refractivity contribution is -0.144. The molecular formula is C51H83N11O14S. The number of carbonyl (C=O) groups excluding carboxylic acids is 9. The summed E-state index contributed by atoms with van der Waals surface area (Å²) < 4.78 is 0. The fraction of sp³-hybridized carbons (Fsp3) is 0.667. The van der Waals surface area contributed by atoms with Crippen molar-refractivity contribution in [2.75, 3.05) is 25.4 Å². The molecule has 26 heteroatoms. The number of thiol groups is 1. The van der Waals surface area contributed by atoms with Crippen LogP contribution in [0.1, 0.15) is 112 Å². The third-order valence-electron chi connectivity index (χ3n) is 12.9. The van der Waals surface area contributed by atoms with Gasteiger partial charge in [-0.05, 0) is 81.7 Å². The third kappa shape index (κ3) is 23.0. The number of amides is 9. The van der Waals surface area contributed by atoms with Crippen LogP contribution >= 0.6 is 12.6 Å². The summed E-state index contributed by atoms with van der Waals surface area (Å²) in [5.41, 5.74) is 12.4. The first-order valence-electron chi connectivity index (χ1n) is 26.2. The SMILES string of the molecule is CC[C@H](C)[C@H](N)C(=O)N[C@@H](CC(C)C)C(=O)NCC(=O)N[C@@H](CC(=O)O)C(=O)N[C@@H](CCCCN)C(=O)N[C@@H](Cc1ccccc1)C(=O)N1CCC[C@H]1C(=O)N[C@@H](CS)C(=O)N[C@H](C(=O)N[C@@H](CC(C)C)C(=O)O)[C@@H](C)O. The van der Waals surface area contributed by atoms with E-state index in [0.717, 1.165) is 0 Å². The van der Waals surface area contributed by atoms with E-state index in [1.165, 1.54) is 11.8 Å². The normalized spacial score (nSPS) is 17.2. The highest BCUT2D eigenvalue weighted by atomic mass is 32.1. The number of carboxylic acid groups (broad SMARTS) is 2. The molecule has 0 spiro atoms. The number of aliphatic hydroxyl groups is 1. The lowest BCUT2D eigenvalue weighted by atomic mass is 9.97. The van der Waals surface area contributed by atoms with Crippen LogP contribution in [0.3, 0.4) is 0 Å². The van der Waals surface area contributed by atoms with Crippen molar-refractivity contribution in [3.63, 3.8) is 0 Å². The highest BCUT2D eigenvalue weighted by Gasteiger charge is 2.41. The standard InChI is InChI=1S/C51H83N11O14S/c1-8-29(6)41(53)48(72)57-33(21-27(2)3)43(67)54-25-39(64)55-34(24-40(65)66)45(69)56-32(17-12-13-19-52)44(68)58-35(23-31-15-10-9-11-16-31)50(74)62-20-14-18-38(62)47(71)60-37(26-77)46(70)61-42(30(7)63)49(73)59-36(51(75)76)22-28(4)5/h9-11,15-16,27-30,32-38,41-42,63,77H,8,12-14,17-26,52-53H2,1-7H3,(H,54,67)(H,55,64)(H,56,69)(H,57,72)(H,58,68)(H,59,73)(H,60,71)(H,61,70)(H,65,66)(H,75,76)/t29-,30+,32-,33-,34-,35-,36-,37-,38-,41-,42-/m0/s1. The largest absolute Gasteiger partial charge is 0.481 e. The summed E-state index contributed by atoms with van der Waals surface area (Å²) >= 11 is 4.22. The second kappa shape index (κ2) is 33.7. The number of nitrogens with one attached hydrogen (secondary N) is 8. The molecule has 1 saturated heterocycles. The van der Waals surface area contributed by atoms with Gasteiger partial charge in [0.2, 0.25) is 53.2 Å². The molecular weight excluding hydrogens is 1020 g/mol. The molecule has 1 aromatic carbocycles. The van der Waals surface area contributed by atoms with E-state index in [1.54, 1.807) is 51.1 Å². The molecule has 2 rings (SSSR count). The number of nitrogens with two attached hydrogens (primary N) is 2. The number of benzene rings is 1. The third-order valence-corrected chi connectivity index (χ3v) is 13.2. The van der Waals surface area contributed by atoms with Gasteiger partial charge in [-0.3, -0.25) is 47.9 Å². The molecule has 1 aliphatic rings. The van der Waals surface area contributed by atoms with E-state index in [4.69, 9.17) is 11.5 Å². The number of carboxylic acids is 2. The molecule has 1 aliphatic heterocycles. The molecule has 9 amide bonds. The Kier molecular flexibility index (Phi) is 29.2. The number of aliphatic carboxylic acids is 2. The summed E-state index contributed by atoms with van der Waals surface area (Å²) in [5.74, 6) is -11.1. The van der Waals surface area contributed by atoms with E-state index >= 15 is 0 Å². The van der Waals surface area contributed by atoms with Crippen LogP contribution in [-0.2, 0) is 59.2 Å². The number of hydrogen-bond acceptors (Lipinski definition) is 15. The maximum Gasteiger partial charge on any atom is 0.326 e. The number of aliphatic hydroxyl groups excluding tert-OH is 1. The zero-order chi connectivity index (χ0) is 58.1. The van der Waals surface area contributed by atoms with Crippen LogP contribution in [0.15, 0.2) is 30.3 Å². The fourth-order valence-electron chi connectivity index (χ4n) is 8.34. The smallest absolute Gasteiger partial charge is 0.326 e. The molecule has 0 unspecified atom stereocenters. The molecule has 15 N–H and O–H groups in total. The first-order valence-corrected chi connectivity index (χ1v) is 26.8. The van der Waals surface area contributed by atoms with Gasteiger partial charge in [-0.15, -0.1) is 0 Å². The van der Waals surface area contributed by atoms with Gasteiger partial charge in [0.05, 0.1) is 25.1 Å². The number of hydrogen-bond donors (Lipinski definition) is 14. The average Bonchev–Trinajstić information content (AvgIpc) is 3.87. The summed E-state index contributed by atoms with van der Waals surface area (Å²) in [6.07, 6.45) is -0.558. The van der Waals surface area contributed by atoms with Crippen LogP contribution in [0.25, 0.3) is 0 Å². The van der Waals surface area contributed by atoms with Gasteiger partial charge in [-0.1, -0.05) is 78.3 Å². The molecule has 0 saturated carbocycles. The summed E-state index contributed by atoms with van der Waals surface area (Å²) in [5, 5.41) is 49.6. The van der Waals surface area contributed by atoms with Crippen LogP contribution in [-0.4, -0.2) is 171 Å². The molecule has 0 aromatic heterocycles. The van der Waals surface area contributed by atoms with Crippen molar-refractivity contribution >= 4 is 77.7 Å². The van der Waals surface area contributed by atoms with E-state index in [1.807, 2.05) is 20.8 Å². The Balaban J connectivity index is 2.35. The zero-order valence-electron chi connectivity index (χ0n) is 45.2. The van der Waals surface area contributed by atoms with Gasteiger partial charge in [0.15, 0.2) is 0 Å². The fourth-order valence-corrected chi connectivity index (χ4v) is 8.59. The molecule has 0 bridgehead atoms. The van der Waals surface area contributed by atoms with Gasteiger partial charge in [-0.2, -0.15) is 12.6 Å². The van der Waals surface area contributed by atoms with Crippen LogP contribution in [0.5, 0.6) is 0 Å². The van der Waals surface area contributed by atoms with Crippen molar-refractivity contribution in [2.24, 2.45) is 29.2 Å². The van der Waals surface area contributed by atoms with E-state index < -0.39 is 139 Å². The molecule has 1 heterocycles. The molecule has 1 fully saturated rings. The minimum Gasteiger partial charge on any atom is -0.481 e. The van der Waals surface area contributed by atoms with Gasteiger partial charge in [-0.25, -0.2) is 4.79 Å². The van der Waals surface area contributed by atoms with Crippen molar-refractivity contribution in [1.82, 2.24) is 47.4 Å². The summed E-state index contributed by atoms with van der Waals surface area (Å²) in [6.45, 7) is 11.6. The zero-order valence-corrected chi connectivity index (χ0v) is 46.1. The van der Waals surface area contributed by atoms with Crippen LogP contribution in [0.2, 0.25) is 0 Å². The Morgan fingerprint density at radius 2 is 1.26 bits per heavy atom. The Bertz CT molecular complexity index is 2170. The number of rotatable bonds is 34. The number of likely N-dealkylation sites (tertiary alicyclic amines) is 1. The highest BCUT2D eigenvalue weighted by molar-refractivity contribution is 7.80. The molecule has 0 aliphatic carbocycles. The number of carbonyl (C=O) groups is 11. The Morgan fingerprint density at radius 1 is 0.688 bits per heavy atom. The molecule has 11 atom stereocenters.